The minimum atomic E-state index is -2.99. The first kappa shape index (κ1) is 24.2. The van der Waals surface area contributed by atoms with Crippen LogP contribution >= 0.6 is 0 Å². The lowest BCUT2D eigenvalue weighted by Gasteiger charge is -2.16. The van der Waals surface area contributed by atoms with E-state index in [1.807, 2.05) is 0 Å². The van der Waals surface area contributed by atoms with Gasteiger partial charge in [-0.3, -0.25) is 9.59 Å². The van der Waals surface area contributed by atoms with Gasteiger partial charge < -0.3 is 24.8 Å². The Morgan fingerprint density at radius 3 is 2.03 bits per heavy atom. The number of benzene rings is 3. The molecule has 0 aliphatic rings. The van der Waals surface area contributed by atoms with E-state index in [1.165, 1.54) is 50.6 Å². The van der Waals surface area contributed by atoms with E-state index in [9.17, 15) is 18.4 Å². The summed E-state index contributed by atoms with van der Waals surface area (Å²) in [6, 6.07) is 17.7. The molecule has 0 saturated carbocycles. The Morgan fingerprint density at radius 1 is 0.824 bits per heavy atom. The van der Waals surface area contributed by atoms with E-state index in [2.05, 4.69) is 15.4 Å². The van der Waals surface area contributed by atoms with Crippen molar-refractivity contribution in [2.75, 3.05) is 24.9 Å². The molecular weight excluding hydrogens is 446 g/mol. The van der Waals surface area contributed by atoms with E-state index < -0.39 is 12.5 Å². The van der Waals surface area contributed by atoms with Gasteiger partial charge in [0.1, 0.15) is 17.2 Å². The number of methoxy groups -OCH3 is 2. The van der Waals surface area contributed by atoms with Crippen LogP contribution in [0.25, 0.3) is 6.08 Å². The molecule has 34 heavy (non-hydrogen) atoms. The van der Waals surface area contributed by atoms with Gasteiger partial charge in [0.15, 0.2) is 0 Å². The molecule has 0 unspecified atom stereocenters. The SMILES string of the molecule is COc1cc(NC(=O)c2ccccc2)c(OC)cc1NC(=O)/C=C/c1ccccc1OC(F)F. The summed E-state index contributed by atoms with van der Waals surface area (Å²) in [4.78, 5) is 25.0. The maximum atomic E-state index is 12.6. The zero-order chi connectivity index (χ0) is 24.5. The van der Waals surface area contributed by atoms with Crippen molar-refractivity contribution in [3.05, 3.63) is 83.9 Å². The third kappa shape index (κ3) is 6.32. The molecule has 176 valence electrons. The highest BCUT2D eigenvalue weighted by Gasteiger charge is 2.16. The Balaban J connectivity index is 1.79. The molecule has 0 saturated heterocycles. The van der Waals surface area contributed by atoms with Gasteiger partial charge in [0.25, 0.3) is 5.91 Å². The number of hydrogen-bond acceptors (Lipinski definition) is 5. The van der Waals surface area contributed by atoms with Crippen molar-refractivity contribution in [2.24, 2.45) is 0 Å². The summed E-state index contributed by atoms with van der Waals surface area (Å²) in [7, 11) is 2.83. The van der Waals surface area contributed by atoms with E-state index in [-0.39, 0.29) is 23.1 Å². The third-order valence-corrected chi connectivity index (χ3v) is 4.61. The summed E-state index contributed by atoms with van der Waals surface area (Å²) >= 11 is 0. The van der Waals surface area contributed by atoms with Crippen molar-refractivity contribution in [1.82, 2.24) is 0 Å². The number of ether oxygens (including phenoxy) is 3. The summed E-state index contributed by atoms with van der Waals surface area (Å²) in [6.45, 7) is -2.99. The molecule has 0 aliphatic carbocycles. The molecule has 3 aromatic rings. The lowest BCUT2D eigenvalue weighted by Crippen LogP contribution is -2.14. The molecule has 0 radical (unpaired) electrons. The number of nitrogens with one attached hydrogen (secondary N) is 2. The molecule has 0 aromatic heterocycles. The van der Waals surface area contributed by atoms with Crippen molar-refractivity contribution in [2.45, 2.75) is 6.61 Å². The third-order valence-electron chi connectivity index (χ3n) is 4.61. The number of rotatable bonds is 9. The van der Waals surface area contributed by atoms with Crippen LogP contribution in [0, 0.1) is 0 Å². The van der Waals surface area contributed by atoms with Crippen LogP contribution in [0.1, 0.15) is 15.9 Å². The van der Waals surface area contributed by atoms with E-state index in [1.54, 1.807) is 42.5 Å². The standard InChI is InChI=1S/C25H22F2N2O5/c1-32-21-15-19(29-24(31)17-9-4-3-5-10-17)22(33-2)14-18(21)28-23(30)13-12-16-8-6-7-11-20(16)34-25(26)27/h3-15,25H,1-2H3,(H,28,30)(H,29,31)/b13-12+. The highest BCUT2D eigenvalue weighted by atomic mass is 19.3. The van der Waals surface area contributed by atoms with Crippen LogP contribution in [0.15, 0.2) is 72.8 Å². The number of amides is 2. The minimum absolute atomic E-state index is 0.0562. The number of alkyl halides is 2. The van der Waals surface area contributed by atoms with Crippen molar-refractivity contribution in [3.8, 4) is 17.2 Å². The molecule has 0 spiro atoms. The zero-order valence-electron chi connectivity index (χ0n) is 18.4. The van der Waals surface area contributed by atoms with Gasteiger partial charge in [-0.25, -0.2) is 0 Å². The second kappa shape index (κ2) is 11.5. The van der Waals surface area contributed by atoms with Gasteiger partial charge >= 0.3 is 6.61 Å². The van der Waals surface area contributed by atoms with Crippen LogP contribution in [0.3, 0.4) is 0 Å². The second-order valence-electron chi connectivity index (χ2n) is 6.81. The first-order valence-corrected chi connectivity index (χ1v) is 10.1. The highest BCUT2D eigenvalue weighted by Crippen LogP contribution is 2.36. The monoisotopic (exact) mass is 468 g/mol. The molecule has 0 aliphatic heterocycles. The number of hydrogen-bond donors (Lipinski definition) is 2. The molecule has 0 fully saturated rings. The van der Waals surface area contributed by atoms with Gasteiger partial charge in [-0.2, -0.15) is 8.78 Å². The van der Waals surface area contributed by atoms with Gasteiger partial charge in [0.2, 0.25) is 5.91 Å². The van der Waals surface area contributed by atoms with Crippen molar-refractivity contribution < 1.29 is 32.6 Å². The van der Waals surface area contributed by atoms with Gasteiger partial charge in [-0.05, 0) is 24.3 Å². The van der Waals surface area contributed by atoms with E-state index in [4.69, 9.17) is 9.47 Å². The molecule has 0 heterocycles. The van der Waals surface area contributed by atoms with Gasteiger partial charge in [-0.1, -0.05) is 36.4 Å². The fourth-order valence-corrected chi connectivity index (χ4v) is 3.04. The predicted octanol–water partition coefficient (Wildman–Crippen LogP) is 5.21. The summed E-state index contributed by atoms with van der Waals surface area (Å²) in [6.07, 6.45) is 2.52. The average molecular weight is 468 g/mol. The second-order valence-corrected chi connectivity index (χ2v) is 6.81. The fraction of sp³-hybridized carbons (Fsp3) is 0.120. The zero-order valence-corrected chi connectivity index (χ0v) is 18.4. The number of para-hydroxylation sites is 1. The van der Waals surface area contributed by atoms with Gasteiger partial charge in [0.05, 0.1) is 25.6 Å². The lowest BCUT2D eigenvalue weighted by atomic mass is 10.1. The van der Waals surface area contributed by atoms with E-state index in [0.29, 0.717) is 22.6 Å². The maximum absolute atomic E-state index is 12.6. The first-order chi connectivity index (χ1) is 16.4. The Kier molecular flexibility index (Phi) is 8.17. The van der Waals surface area contributed by atoms with Gasteiger partial charge in [0, 0.05) is 29.3 Å². The lowest BCUT2D eigenvalue weighted by molar-refractivity contribution is -0.111. The minimum Gasteiger partial charge on any atom is -0.494 e. The topological polar surface area (TPSA) is 85.9 Å². The van der Waals surface area contributed by atoms with Crippen LogP contribution < -0.4 is 24.8 Å². The molecule has 7 nitrogen and oxygen atoms in total. The van der Waals surface area contributed by atoms with Gasteiger partial charge in [-0.15, -0.1) is 0 Å². The van der Waals surface area contributed by atoms with Crippen LogP contribution in [-0.4, -0.2) is 32.6 Å². The van der Waals surface area contributed by atoms with Crippen molar-refractivity contribution in [1.29, 1.82) is 0 Å². The molecule has 2 amide bonds. The van der Waals surface area contributed by atoms with Crippen molar-refractivity contribution in [3.63, 3.8) is 0 Å². The molecule has 0 bridgehead atoms. The predicted molar refractivity (Wildman–Crippen MR) is 125 cm³/mol. The normalized spacial score (nSPS) is 10.7. The molecule has 9 heteroatoms. The van der Waals surface area contributed by atoms with Crippen LogP contribution in [0.2, 0.25) is 0 Å². The fourth-order valence-electron chi connectivity index (χ4n) is 3.04. The quantitative estimate of drug-likeness (QED) is 0.421. The number of carbonyl (C=O) groups is 2. The smallest absolute Gasteiger partial charge is 0.387 e. The molecule has 3 rings (SSSR count). The number of halogens is 2. The molecule has 3 aromatic carbocycles. The summed E-state index contributed by atoms with van der Waals surface area (Å²) in [5.41, 5.74) is 1.40. The highest BCUT2D eigenvalue weighted by molar-refractivity contribution is 6.06. The summed E-state index contributed by atoms with van der Waals surface area (Å²) in [5.74, 6) is -0.384. The Morgan fingerprint density at radius 2 is 1.41 bits per heavy atom. The van der Waals surface area contributed by atoms with Crippen LogP contribution in [0.5, 0.6) is 17.2 Å². The summed E-state index contributed by atoms with van der Waals surface area (Å²) in [5, 5.41) is 5.40. The van der Waals surface area contributed by atoms with Crippen molar-refractivity contribution >= 4 is 29.3 Å². The Hall–Kier alpha value is -4.40. The van der Waals surface area contributed by atoms with E-state index >= 15 is 0 Å². The van der Waals surface area contributed by atoms with E-state index in [0.717, 1.165) is 0 Å². The van der Waals surface area contributed by atoms with Crippen LogP contribution in [0.4, 0.5) is 20.2 Å². The number of carbonyl (C=O) groups excluding carboxylic acids is 2. The summed E-state index contributed by atoms with van der Waals surface area (Å²) < 4.78 is 40.3. The largest absolute Gasteiger partial charge is 0.494 e. The first-order valence-electron chi connectivity index (χ1n) is 10.1. The average Bonchev–Trinajstić information content (AvgIpc) is 2.84. The molecular formula is C25H22F2N2O5. The maximum Gasteiger partial charge on any atom is 0.387 e. The molecule has 2 N–H and O–H groups in total. The number of anilines is 2. The Bertz CT molecular complexity index is 1180. The van der Waals surface area contributed by atoms with Crippen LogP contribution in [-0.2, 0) is 4.79 Å². The Labute approximate surface area is 195 Å². The molecule has 0 atom stereocenters.